The summed E-state index contributed by atoms with van der Waals surface area (Å²) in [5.41, 5.74) is 4.44. The maximum Gasteiger partial charge on any atom is 0.231 e. The first kappa shape index (κ1) is 15.5. The fraction of sp³-hybridized carbons (Fsp3) is 0.429. The summed E-state index contributed by atoms with van der Waals surface area (Å²) in [6.07, 6.45) is 4.91. The van der Waals surface area contributed by atoms with Gasteiger partial charge in [0.15, 0.2) is 11.5 Å². The van der Waals surface area contributed by atoms with Gasteiger partial charge >= 0.3 is 0 Å². The van der Waals surface area contributed by atoms with Crippen LogP contribution in [0.25, 0.3) is 0 Å². The number of ether oxygens (including phenoxy) is 2. The molecule has 0 saturated carbocycles. The Balaban J connectivity index is 1.35. The second-order valence-corrected chi connectivity index (χ2v) is 6.99. The maximum absolute atomic E-state index is 5.47. The molecular weight excluding hydrogens is 298 g/mol. The molecule has 0 amide bonds. The Morgan fingerprint density at radius 3 is 2.92 bits per heavy atom. The van der Waals surface area contributed by atoms with Gasteiger partial charge in [-0.15, -0.1) is 0 Å². The molecule has 126 valence electrons. The van der Waals surface area contributed by atoms with Crippen LogP contribution in [0.15, 0.2) is 42.5 Å². The molecular formula is C21H25NO2. The monoisotopic (exact) mass is 323 g/mol. The van der Waals surface area contributed by atoms with Crippen LogP contribution < -0.4 is 9.47 Å². The molecule has 4 rings (SSSR count). The largest absolute Gasteiger partial charge is 0.454 e. The normalized spacial score (nSPS) is 18.7. The Morgan fingerprint density at radius 2 is 1.96 bits per heavy atom. The van der Waals surface area contributed by atoms with Crippen LogP contribution in [0, 0.1) is 0 Å². The van der Waals surface area contributed by atoms with Crippen molar-refractivity contribution in [1.82, 2.24) is 4.90 Å². The van der Waals surface area contributed by atoms with Gasteiger partial charge in [0.2, 0.25) is 6.79 Å². The van der Waals surface area contributed by atoms with Crippen LogP contribution in [0.4, 0.5) is 0 Å². The minimum atomic E-state index is 0.347. The van der Waals surface area contributed by atoms with Crippen molar-refractivity contribution in [2.24, 2.45) is 0 Å². The molecule has 2 aromatic rings. The molecule has 3 nitrogen and oxygen atoms in total. The third-order valence-electron chi connectivity index (χ3n) is 5.24. The molecule has 2 aromatic carbocycles. The van der Waals surface area contributed by atoms with Crippen molar-refractivity contribution < 1.29 is 9.47 Å². The SMILES string of the molecule is CN(CCc1ccc2c(c1)OCO2)CC1CCCc2ccccc21. The van der Waals surface area contributed by atoms with E-state index in [2.05, 4.69) is 48.3 Å². The minimum Gasteiger partial charge on any atom is -0.454 e. The Hall–Kier alpha value is -2.00. The van der Waals surface area contributed by atoms with Crippen molar-refractivity contribution >= 4 is 0 Å². The van der Waals surface area contributed by atoms with Gasteiger partial charge in [0, 0.05) is 13.1 Å². The summed E-state index contributed by atoms with van der Waals surface area (Å²) in [7, 11) is 2.24. The zero-order valence-corrected chi connectivity index (χ0v) is 14.3. The highest BCUT2D eigenvalue weighted by Crippen LogP contribution is 2.33. The molecule has 0 aromatic heterocycles. The van der Waals surface area contributed by atoms with Crippen LogP contribution in [0.3, 0.4) is 0 Å². The zero-order chi connectivity index (χ0) is 16.4. The van der Waals surface area contributed by atoms with Crippen LogP contribution in [0.1, 0.15) is 35.4 Å². The van der Waals surface area contributed by atoms with Crippen LogP contribution in [-0.2, 0) is 12.8 Å². The highest BCUT2D eigenvalue weighted by Gasteiger charge is 2.21. The molecule has 1 atom stereocenters. The standard InChI is InChI=1S/C21H25NO2/c1-22(12-11-16-9-10-20-21(13-16)24-15-23-20)14-18-7-4-6-17-5-2-3-8-19(17)18/h2-3,5,8-10,13,18H,4,6-7,11-12,14-15H2,1H3. The van der Waals surface area contributed by atoms with Gasteiger partial charge in [-0.2, -0.15) is 0 Å². The van der Waals surface area contributed by atoms with E-state index in [1.54, 1.807) is 11.1 Å². The lowest BCUT2D eigenvalue weighted by atomic mass is 9.82. The van der Waals surface area contributed by atoms with E-state index < -0.39 is 0 Å². The maximum atomic E-state index is 5.47. The summed E-state index contributed by atoms with van der Waals surface area (Å²) in [6.45, 7) is 2.56. The molecule has 24 heavy (non-hydrogen) atoms. The van der Waals surface area contributed by atoms with Crippen LogP contribution in [0.5, 0.6) is 11.5 Å². The number of nitrogens with zero attached hydrogens (tertiary/aromatic N) is 1. The summed E-state index contributed by atoms with van der Waals surface area (Å²) in [4.78, 5) is 2.47. The van der Waals surface area contributed by atoms with Crippen molar-refractivity contribution in [1.29, 1.82) is 0 Å². The van der Waals surface area contributed by atoms with Crippen LogP contribution >= 0.6 is 0 Å². The molecule has 0 fully saturated rings. The average molecular weight is 323 g/mol. The van der Waals surface area contributed by atoms with Crippen molar-refractivity contribution in [2.45, 2.75) is 31.6 Å². The Kier molecular flexibility index (Phi) is 4.44. The van der Waals surface area contributed by atoms with E-state index in [0.29, 0.717) is 12.7 Å². The van der Waals surface area contributed by atoms with Crippen molar-refractivity contribution in [2.75, 3.05) is 26.9 Å². The number of benzene rings is 2. The van der Waals surface area contributed by atoms with Crippen LogP contribution in [0.2, 0.25) is 0 Å². The van der Waals surface area contributed by atoms with E-state index in [1.807, 2.05) is 6.07 Å². The van der Waals surface area contributed by atoms with Gasteiger partial charge in [0.25, 0.3) is 0 Å². The van der Waals surface area contributed by atoms with Crippen molar-refractivity contribution in [3.05, 3.63) is 59.2 Å². The first-order valence-corrected chi connectivity index (χ1v) is 8.94. The number of aryl methyl sites for hydroxylation is 1. The molecule has 0 saturated heterocycles. The summed E-state index contributed by atoms with van der Waals surface area (Å²) in [5.74, 6) is 2.43. The number of hydrogen-bond acceptors (Lipinski definition) is 3. The number of likely N-dealkylation sites (N-methyl/N-ethyl adjacent to an activating group) is 1. The molecule has 0 spiro atoms. The summed E-state index contributed by atoms with van der Waals surface area (Å²) in [6, 6.07) is 15.3. The predicted octanol–water partition coefficient (Wildman–Crippen LogP) is 4.01. The van der Waals surface area contributed by atoms with E-state index in [1.165, 1.54) is 24.8 Å². The fourth-order valence-electron chi connectivity index (χ4n) is 3.93. The molecule has 3 heteroatoms. The van der Waals surface area contributed by atoms with Gasteiger partial charge in [-0.25, -0.2) is 0 Å². The molecule has 1 unspecified atom stereocenters. The lowest BCUT2D eigenvalue weighted by Crippen LogP contribution is -2.28. The topological polar surface area (TPSA) is 21.7 Å². The number of rotatable bonds is 5. The smallest absolute Gasteiger partial charge is 0.231 e. The van der Waals surface area contributed by atoms with Gasteiger partial charge in [0.05, 0.1) is 0 Å². The minimum absolute atomic E-state index is 0.347. The van der Waals surface area contributed by atoms with Gasteiger partial charge in [-0.05, 0) is 67.5 Å². The lowest BCUT2D eigenvalue weighted by Gasteiger charge is -2.29. The molecule has 0 bridgehead atoms. The van der Waals surface area contributed by atoms with E-state index in [4.69, 9.17) is 9.47 Å². The Labute approximate surface area is 144 Å². The molecule has 0 radical (unpaired) electrons. The quantitative estimate of drug-likeness (QED) is 0.830. The molecule has 1 heterocycles. The van der Waals surface area contributed by atoms with Crippen molar-refractivity contribution in [3.63, 3.8) is 0 Å². The fourth-order valence-corrected chi connectivity index (χ4v) is 3.93. The molecule has 1 aliphatic carbocycles. The average Bonchev–Trinajstić information content (AvgIpc) is 3.08. The first-order valence-electron chi connectivity index (χ1n) is 8.94. The Bertz CT molecular complexity index is 713. The second-order valence-electron chi connectivity index (χ2n) is 6.99. The number of hydrogen-bond donors (Lipinski definition) is 0. The zero-order valence-electron chi connectivity index (χ0n) is 14.3. The third kappa shape index (κ3) is 3.27. The van der Waals surface area contributed by atoms with E-state index >= 15 is 0 Å². The van der Waals surface area contributed by atoms with Gasteiger partial charge in [0.1, 0.15) is 0 Å². The van der Waals surface area contributed by atoms with Gasteiger partial charge < -0.3 is 14.4 Å². The van der Waals surface area contributed by atoms with E-state index in [9.17, 15) is 0 Å². The summed E-state index contributed by atoms with van der Waals surface area (Å²) in [5, 5.41) is 0. The van der Waals surface area contributed by atoms with Gasteiger partial charge in [-0.1, -0.05) is 30.3 Å². The molecule has 2 aliphatic rings. The second kappa shape index (κ2) is 6.86. The van der Waals surface area contributed by atoms with Crippen LogP contribution in [-0.4, -0.2) is 31.8 Å². The van der Waals surface area contributed by atoms with Gasteiger partial charge in [-0.3, -0.25) is 0 Å². The third-order valence-corrected chi connectivity index (χ3v) is 5.24. The Morgan fingerprint density at radius 1 is 1.08 bits per heavy atom. The highest BCUT2D eigenvalue weighted by atomic mass is 16.7. The molecule has 0 N–H and O–H groups in total. The lowest BCUT2D eigenvalue weighted by molar-refractivity contribution is 0.174. The predicted molar refractivity (Wildman–Crippen MR) is 95.9 cm³/mol. The highest BCUT2D eigenvalue weighted by molar-refractivity contribution is 5.44. The summed E-state index contributed by atoms with van der Waals surface area (Å²) < 4.78 is 10.9. The summed E-state index contributed by atoms with van der Waals surface area (Å²) >= 11 is 0. The van der Waals surface area contributed by atoms with E-state index in [0.717, 1.165) is 31.0 Å². The first-order chi connectivity index (χ1) is 11.8. The molecule has 1 aliphatic heterocycles. The number of fused-ring (bicyclic) bond motifs is 2. The van der Waals surface area contributed by atoms with E-state index in [-0.39, 0.29) is 0 Å². The van der Waals surface area contributed by atoms with Crippen molar-refractivity contribution in [3.8, 4) is 11.5 Å².